The Morgan fingerprint density at radius 1 is 0.971 bits per heavy atom. The number of anilines is 2. The van der Waals surface area contributed by atoms with E-state index in [0.717, 1.165) is 11.4 Å². The van der Waals surface area contributed by atoms with Crippen LogP contribution >= 0.6 is 23.2 Å². The quantitative estimate of drug-likeness (QED) is 0.405. The highest BCUT2D eigenvalue weighted by Crippen LogP contribution is 2.49. The maximum Gasteiger partial charge on any atom is 0.259 e. The molecule has 1 heterocycles. The van der Waals surface area contributed by atoms with Crippen LogP contribution in [0, 0.1) is 5.41 Å². The maximum atomic E-state index is 14.1. The average molecular weight is 491 g/mol. The number of carbonyl (C=O) groups excluding carboxylic acids is 2. The molecule has 1 atom stereocenters. The van der Waals surface area contributed by atoms with Crippen molar-refractivity contribution < 1.29 is 9.59 Å². The lowest BCUT2D eigenvalue weighted by atomic mass is 9.73. The van der Waals surface area contributed by atoms with Gasteiger partial charge in [-0.05, 0) is 53.8 Å². The fourth-order valence-corrected chi connectivity index (χ4v) is 5.46. The van der Waals surface area contributed by atoms with Crippen molar-refractivity contribution in [2.45, 2.75) is 32.7 Å². The van der Waals surface area contributed by atoms with Crippen molar-refractivity contribution >= 4 is 46.3 Å². The Morgan fingerprint density at radius 2 is 1.68 bits per heavy atom. The average Bonchev–Trinajstić information content (AvgIpc) is 2.92. The molecule has 0 saturated carbocycles. The van der Waals surface area contributed by atoms with Gasteiger partial charge < -0.3 is 5.32 Å². The normalized spacial score (nSPS) is 19.1. The number of allylic oxidation sites excluding steroid dienone is 1. The van der Waals surface area contributed by atoms with Crippen LogP contribution in [0.2, 0.25) is 10.0 Å². The molecule has 0 unspecified atom stereocenters. The Kier molecular flexibility index (Phi) is 5.75. The monoisotopic (exact) mass is 490 g/mol. The smallest absolute Gasteiger partial charge is 0.259 e. The summed E-state index contributed by atoms with van der Waals surface area (Å²) in [6, 6.07) is 21.3. The number of para-hydroxylation sites is 2. The number of nitrogens with one attached hydrogen (secondary N) is 1. The fraction of sp³-hybridized carbons (Fsp3) is 0.214. The zero-order valence-electron chi connectivity index (χ0n) is 18.9. The van der Waals surface area contributed by atoms with Crippen molar-refractivity contribution in [2.75, 3.05) is 10.2 Å². The summed E-state index contributed by atoms with van der Waals surface area (Å²) in [6.45, 7) is 4.18. The Bertz CT molecular complexity index is 1330. The number of benzene rings is 3. The van der Waals surface area contributed by atoms with Gasteiger partial charge in [0.1, 0.15) is 0 Å². The van der Waals surface area contributed by atoms with Gasteiger partial charge in [0, 0.05) is 33.3 Å². The third kappa shape index (κ3) is 4.02. The molecule has 3 aromatic rings. The molecule has 3 aromatic carbocycles. The lowest BCUT2D eigenvalue weighted by molar-refractivity contribution is -0.118. The Balaban J connectivity index is 1.82. The zero-order valence-corrected chi connectivity index (χ0v) is 20.5. The number of ketones is 1. The molecule has 6 heteroatoms. The Labute approximate surface area is 209 Å². The highest BCUT2D eigenvalue weighted by Gasteiger charge is 2.44. The molecule has 4 nitrogen and oxygen atoms in total. The van der Waals surface area contributed by atoms with Gasteiger partial charge in [0.25, 0.3) is 5.91 Å². The van der Waals surface area contributed by atoms with Crippen molar-refractivity contribution in [3.05, 3.63) is 105 Å². The summed E-state index contributed by atoms with van der Waals surface area (Å²) < 4.78 is 0. The minimum Gasteiger partial charge on any atom is -0.357 e. The highest BCUT2D eigenvalue weighted by atomic mass is 35.5. The molecule has 0 spiro atoms. The van der Waals surface area contributed by atoms with Crippen molar-refractivity contribution in [1.82, 2.24) is 0 Å². The molecule has 2 aliphatic rings. The lowest BCUT2D eigenvalue weighted by Gasteiger charge is -2.37. The lowest BCUT2D eigenvalue weighted by Crippen LogP contribution is -2.39. The first kappa shape index (κ1) is 22.7. The van der Waals surface area contributed by atoms with Crippen LogP contribution in [0.3, 0.4) is 0 Å². The zero-order chi connectivity index (χ0) is 24.0. The number of nitrogens with zero attached hydrogens (tertiary/aromatic N) is 1. The van der Waals surface area contributed by atoms with E-state index in [1.54, 1.807) is 29.2 Å². The number of hydrogen-bond acceptors (Lipinski definition) is 3. The minimum atomic E-state index is -0.702. The molecular weight excluding hydrogens is 467 g/mol. The third-order valence-corrected chi connectivity index (χ3v) is 6.96. The van der Waals surface area contributed by atoms with Gasteiger partial charge in [-0.1, -0.05) is 73.4 Å². The predicted octanol–water partition coefficient (Wildman–Crippen LogP) is 7.45. The van der Waals surface area contributed by atoms with E-state index in [9.17, 15) is 9.59 Å². The second-order valence-electron chi connectivity index (χ2n) is 9.58. The second kappa shape index (κ2) is 8.61. The van der Waals surface area contributed by atoms with E-state index >= 15 is 0 Å². The van der Waals surface area contributed by atoms with E-state index in [0.29, 0.717) is 45.3 Å². The molecule has 34 heavy (non-hydrogen) atoms. The number of hydrogen-bond donors (Lipinski definition) is 1. The van der Waals surface area contributed by atoms with Crippen LogP contribution in [0.5, 0.6) is 0 Å². The predicted molar refractivity (Wildman–Crippen MR) is 138 cm³/mol. The van der Waals surface area contributed by atoms with E-state index in [2.05, 4.69) is 19.2 Å². The summed E-state index contributed by atoms with van der Waals surface area (Å²) in [5.41, 5.74) is 3.85. The van der Waals surface area contributed by atoms with Gasteiger partial charge in [-0.15, -0.1) is 0 Å². The molecule has 5 rings (SSSR count). The van der Waals surface area contributed by atoms with Crippen LogP contribution < -0.4 is 10.2 Å². The number of halogens is 2. The van der Waals surface area contributed by atoms with Crippen LogP contribution in [0.25, 0.3) is 0 Å². The summed E-state index contributed by atoms with van der Waals surface area (Å²) in [5, 5.41) is 4.41. The summed E-state index contributed by atoms with van der Waals surface area (Å²) in [6.07, 6.45) is 1.07. The molecule has 0 radical (unpaired) electrons. The molecule has 1 amide bonds. The SMILES string of the molecule is CC1(C)CC(=O)C2=C(C1)Nc1ccccc1N(C(=O)c1ccccc1)[C@@H]2c1ccc(Cl)cc1Cl. The Hall–Kier alpha value is -3.08. The fourth-order valence-electron chi connectivity index (χ4n) is 4.95. The number of fused-ring (bicyclic) bond motifs is 1. The van der Waals surface area contributed by atoms with E-state index in [1.807, 2.05) is 48.5 Å². The number of rotatable bonds is 2. The van der Waals surface area contributed by atoms with Crippen molar-refractivity contribution in [1.29, 1.82) is 0 Å². The Morgan fingerprint density at radius 3 is 2.41 bits per heavy atom. The van der Waals surface area contributed by atoms with Crippen LogP contribution in [0.1, 0.15) is 48.7 Å². The summed E-state index contributed by atoms with van der Waals surface area (Å²) in [7, 11) is 0. The van der Waals surface area contributed by atoms with Gasteiger partial charge in [0.2, 0.25) is 0 Å². The number of carbonyl (C=O) groups is 2. The van der Waals surface area contributed by atoms with Crippen LogP contribution in [0.15, 0.2) is 84.1 Å². The van der Waals surface area contributed by atoms with Gasteiger partial charge in [-0.3, -0.25) is 14.5 Å². The van der Waals surface area contributed by atoms with Crippen molar-refractivity contribution in [2.24, 2.45) is 5.41 Å². The molecule has 1 N–H and O–H groups in total. The van der Waals surface area contributed by atoms with Gasteiger partial charge in [0.15, 0.2) is 5.78 Å². The largest absolute Gasteiger partial charge is 0.357 e. The van der Waals surface area contributed by atoms with Gasteiger partial charge in [0.05, 0.1) is 17.4 Å². The molecule has 1 aliphatic carbocycles. The summed E-state index contributed by atoms with van der Waals surface area (Å²) in [5.74, 6) is -0.203. The standard InChI is InChI=1S/C28H24Cl2N2O2/c1-28(2)15-22-25(24(33)16-28)26(19-13-12-18(29)14-20(19)30)32(23-11-7-6-10-21(23)31-22)27(34)17-8-4-3-5-9-17/h3-14,26,31H,15-16H2,1-2H3/t26-/m1/s1. The third-order valence-electron chi connectivity index (χ3n) is 6.40. The van der Waals surface area contributed by atoms with Crippen LogP contribution in [-0.2, 0) is 4.79 Å². The first-order chi connectivity index (χ1) is 16.2. The van der Waals surface area contributed by atoms with E-state index < -0.39 is 6.04 Å². The van der Waals surface area contributed by atoms with Crippen molar-refractivity contribution in [3.63, 3.8) is 0 Å². The van der Waals surface area contributed by atoms with Gasteiger partial charge >= 0.3 is 0 Å². The van der Waals surface area contributed by atoms with Crippen molar-refractivity contribution in [3.8, 4) is 0 Å². The first-order valence-electron chi connectivity index (χ1n) is 11.2. The van der Waals surface area contributed by atoms with Crippen LogP contribution in [0.4, 0.5) is 11.4 Å². The first-order valence-corrected chi connectivity index (χ1v) is 12.0. The molecule has 0 aromatic heterocycles. The molecular formula is C28H24Cl2N2O2. The van der Waals surface area contributed by atoms with E-state index in [4.69, 9.17) is 23.2 Å². The second-order valence-corrected chi connectivity index (χ2v) is 10.4. The minimum absolute atomic E-state index is 0.00781. The highest BCUT2D eigenvalue weighted by molar-refractivity contribution is 6.35. The summed E-state index contributed by atoms with van der Waals surface area (Å²) in [4.78, 5) is 29.5. The van der Waals surface area contributed by atoms with E-state index in [1.165, 1.54) is 0 Å². The van der Waals surface area contributed by atoms with E-state index in [-0.39, 0.29) is 17.1 Å². The topological polar surface area (TPSA) is 49.4 Å². The van der Waals surface area contributed by atoms with Gasteiger partial charge in [-0.2, -0.15) is 0 Å². The molecule has 1 aliphatic heterocycles. The maximum absolute atomic E-state index is 14.1. The van der Waals surface area contributed by atoms with Crippen LogP contribution in [-0.4, -0.2) is 11.7 Å². The molecule has 172 valence electrons. The summed E-state index contributed by atoms with van der Waals surface area (Å²) >= 11 is 12.9. The molecule has 0 saturated heterocycles. The molecule has 0 fully saturated rings. The number of Topliss-reactive ketones (excluding diaryl/α,β-unsaturated/α-hetero) is 1. The number of amides is 1. The molecule has 0 bridgehead atoms. The van der Waals surface area contributed by atoms with Gasteiger partial charge in [-0.25, -0.2) is 0 Å².